The van der Waals surface area contributed by atoms with Gasteiger partial charge < -0.3 is 67.4 Å². The summed E-state index contributed by atoms with van der Waals surface area (Å²) >= 11 is 4.20. The molecular formula is C47H69N9O15S. The number of aliphatic carboxylic acids is 3. The van der Waals surface area contributed by atoms with Crippen molar-refractivity contribution in [2.24, 2.45) is 17.6 Å². The van der Waals surface area contributed by atoms with Crippen molar-refractivity contribution < 1.29 is 73.2 Å². The van der Waals surface area contributed by atoms with E-state index in [1.807, 2.05) is 0 Å². The maximum absolute atomic E-state index is 14.3. The Hall–Kier alpha value is -6.50. The van der Waals surface area contributed by atoms with E-state index in [1.54, 1.807) is 39.8 Å². The summed E-state index contributed by atoms with van der Waals surface area (Å²) in [5.41, 5.74) is 6.81. The number of carbonyl (C=O) groups excluding carboxylic acids is 8. The number of likely N-dealkylation sites (tertiary alicyclic amines) is 3. The van der Waals surface area contributed by atoms with Crippen molar-refractivity contribution in [2.75, 3.05) is 25.4 Å². The first-order valence-corrected chi connectivity index (χ1v) is 24.9. The molecule has 3 aliphatic rings. The number of hydrogen-bond acceptors (Lipinski definition) is 14. The normalized spacial score (nSPS) is 20.5. The molecule has 25 heteroatoms. The number of phenols is 1. The van der Waals surface area contributed by atoms with Crippen LogP contribution in [-0.2, 0) is 59.2 Å². The van der Waals surface area contributed by atoms with Gasteiger partial charge in [-0.1, -0.05) is 46.2 Å². The van der Waals surface area contributed by atoms with E-state index < -0.39 is 151 Å². The van der Waals surface area contributed by atoms with Gasteiger partial charge in [0.2, 0.25) is 47.3 Å². The van der Waals surface area contributed by atoms with Gasteiger partial charge in [-0.05, 0) is 80.9 Å². The van der Waals surface area contributed by atoms with Crippen molar-refractivity contribution in [3.63, 3.8) is 0 Å². The molecule has 0 radical (unpaired) electrons. The van der Waals surface area contributed by atoms with Crippen molar-refractivity contribution in [1.82, 2.24) is 41.3 Å². The van der Waals surface area contributed by atoms with E-state index in [0.29, 0.717) is 24.8 Å². The van der Waals surface area contributed by atoms with Crippen LogP contribution in [0, 0.1) is 11.8 Å². The molecule has 1 aromatic carbocycles. The lowest BCUT2D eigenvalue weighted by Gasteiger charge is -2.33. The largest absolute Gasteiger partial charge is 0.508 e. The molecular weight excluding hydrogens is 963 g/mol. The first-order valence-electron chi connectivity index (χ1n) is 24.2. The van der Waals surface area contributed by atoms with Crippen LogP contribution in [-0.4, -0.2) is 180 Å². The number of nitrogens with zero attached hydrogens (tertiary/aromatic N) is 3. The second-order valence-electron chi connectivity index (χ2n) is 18.9. The lowest BCUT2D eigenvalue weighted by atomic mass is 9.95. The van der Waals surface area contributed by atoms with Crippen LogP contribution < -0.4 is 32.3 Å². The van der Waals surface area contributed by atoms with E-state index in [1.165, 1.54) is 12.1 Å². The molecule has 0 unspecified atom stereocenters. The Bertz CT molecular complexity index is 2180. The van der Waals surface area contributed by atoms with Gasteiger partial charge in [0.05, 0.1) is 12.5 Å². The van der Waals surface area contributed by atoms with Crippen LogP contribution >= 0.6 is 12.6 Å². The number of carbonyl (C=O) groups is 11. The minimum absolute atomic E-state index is 0.0226. The lowest BCUT2D eigenvalue weighted by Crippen LogP contribution is -2.61. The number of amides is 8. The molecule has 0 aliphatic carbocycles. The number of nitrogens with one attached hydrogen (secondary N) is 5. The molecule has 10 atom stereocenters. The molecule has 0 saturated carbocycles. The smallest absolute Gasteiger partial charge is 0.326 e. The average Bonchev–Trinajstić information content (AvgIpc) is 4.14. The third-order valence-corrected chi connectivity index (χ3v) is 13.7. The highest BCUT2D eigenvalue weighted by molar-refractivity contribution is 7.80. The van der Waals surface area contributed by atoms with Crippen LogP contribution in [0.4, 0.5) is 0 Å². The zero-order valence-corrected chi connectivity index (χ0v) is 41.8. The number of thiol groups is 1. The van der Waals surface area contributed by atoms with Gasteiger partial charge in [-0.25, -0.2) is 4.79 Å². The summed E-state index contributed by atoms with van der Waals surface area (Å²) < 4.78 is 0. The third kappa shape index (κ3) is 15.5. The van der Waals surface area contributed by atoms with E-state index in [4.69, 9.17) is 5.73 Å². The van der Waals surface area contributed by atoms with Gasteiger partial charge in [-0.15, -0.1) is 0 Å². The minimum atomic E-state index is -1.76. The fourth-order valence-corrected chi connectivity index (χ4v) is 9.34. The average molecular weight is 1030 g/mol. The molecule has 398 valence electrons. The molecule has 3 heterocycles. The van der Waals surface area contributed by atoms with Crippen LogP contribution in [0.15, 0.2) is 24.3 Å². The second kappa shape index (κ2) is 26.8. The molecule has 0 spiro atoms. The predicted molar refractivity (Wildman–Crippen MR) is 259 cm³/mol. The zero-order valence-electron chi connectivity index (χ0n) is 40.9. The molecule has 0 aromatic heterocycles. The molecule has 72 heavy (non-hydrogen) atoms. The summed E-state index contributed by atoms with van der Waals surface area (Å²) in [5, 5.41) is 51.5. The molecule has 1 aromatic rings. The van der Waals surface area contributed by atoms with Gasteiger partial charge in [0.15, 0.2) is 0 Å². The van der Waals surface area contributed by atoms with E-state index in [2.05, 4.69) is 39.2 Å². The quantitative estimate of drug-likeness (QED) is 0.0508. The van der Waals surface area contributed by atoms with Crippen LogP contribution in [0.1, 0.15) is 97.5 Å². The molecule has 3 saturated heterocycles. The highest BCUT2D eigenvalue weighted by Gasteiger charge is 2.44. The molecule has 3 aliphatic heterocycles. The van der Waals surface area contributed by atoms with Crippen LogP contribution in [0.5, 0.6) is 5.75 Å². The molecule has 11 N–H and O–H groups in total. The Morgan fingerprint density at radius 1 is 0.639 bits per heavy atom. The van der Waals surface area contributed by atoms with E-state index in [9.17, 15) is 73.2 Å². The van der Waals surface area contributed by atoms with Crippen molar-refractivity contribution >= 4 is 77.8 Å². The Kier molecular flexibility index (Phi) is 21.6. The third-order valence-electron chi connectivity index (χ3n) is 13.3. The Morgan fingerprint density at radius 2 is 1.11 bits per heavy atom. The topological polar surface area (TPSA) is 365 Å². The van der Waals surface area contributed by atoms with Crippen molar-refractivity contribution in [1.29, 1.82) is 0 Å². The molecule has 0 bridgehead atoms. The first kappa shape index (κ1) is 58.1. The van der Waals surface area contributed by atoms with Crippen LogP contribution in [0.25, 0.3) is 0 Å². The van der Waals surface area contributed by atoms with Gasteiger partial charge >= 0.3 is 17.9 Å². The van der Waals surface area contributed by atoms with E-state index >= 15 is 0 Å². The first-order chi connectivity index (χ1) is 34.0. The summed E-state index contributed by atoms with van der Waals surface area (Å²) in [4.78, 5) is 150. The molecule has 8 amide bonds. The van der Waals surface area contributed by atoms with Gasteiger partial charge in [0.25, 0.3) is 0 Å². The van der Waals surface area contributed by atoms with Gasteiger partial charge in [0.1, 0.15) is 54.1 Å². The number of nitrogens with two attached hydrogens (primary N) is 1. The van der Waals surface area contributed by atoms with E-state index in [0.717, 1.165) is 14.7 Å². The summed E-state index contributed by atoms with van der Waals surface area (Å²) in [7, 11) is 0. The van der Waals surface area contributed by atoms with Gasteiger partial charge in [-0.3, -0.25) is 47.9 Å². The highest BCUT2D eigenvalue weighted by atomic mass is 32.1. The predicted octanol–water partition coefficient (Wildman–Crippen LogP) is -1.28. The summed E-state index contributed by atoms with van der Waals surface area (Å²) in [6.45, 7) is 6.81. The van der Waals surface area contributed by atoms with Crippen LogP contribution in [0.2, 0.25) is 0 Å². The number of phenolic OH excluding ortho intramolecular Hbond substituents is 1. The Morgan fingerprint density at radius 3 is 1.60 bits per heavy atom. The monoisotopic (exact) mass is 1030 g/mol. The summed E-state index contributed by atoms with van der Waals surface area (Å²) in [5.74, 6) is -11.7. The van der Waals surface area contributed by atoms with Gasteiger partial charge in [0, 0.05) is 31.8 Å². The SMILES string of the molecule is CC[C@H](C)[C@H](NC(=O)[C@@H](NC(=O)[C@@H](N)Cc1ccc(O)cc1)C(C)C)C(=O)N[C@@H](CC(=O)O)C(=O)N1CCC[C@H]1C(=O)N[C@@H](CCC(=O)O)C(=O)N1CCC[C@H]1C(=O)N[C@@H](CS)C(=O)N1CCC[C@H]1C(=O)O. The number of rotatable bonds is 25. The van der Waals surface area contributed by atoms with E-state index in [-0.39, 0.29) is 63.2 Å². The Balaban J connectivity index is 1.47. The second-order valence-corrected chi connectivity index (χ2v) is 19.2. The number of aromatic hydroxyl groups is 1. The fourth-order valence-electron chi connectivity index (χ4n) is 9.10. The number of benzene rings is 1. The van der Waals surface area contributed by atoms with Crippen molar-refractivity contribution in [3.05, 3.63) is 29.8 Å². The summed E-state index contributed by atoms with van der Waals surface area (Å²) in [6, 6.07) is -5.60. The molecule has 3 fully saturated rings. The van der Waals surface area contributed by atoms with Crippen LogP contribution in [0.3, 0.4) is 0 Å². The minimum Gasteiger partial charge on any atom is -0.508 e. The Labute approximate surface area is 422 Å². The highest BCUT2D eigenvalue weighted by Crippen LogP contribution is 2.24. The lowest BCUT2D eigenvalue weighted by molar-refractivity contribution is -0.149. The van der Waals surface area contributed by atoms with Crippen molar-refractivity contribution in [2.45, 2.75) is 153 Å². The number of carboxylic acid groups (broad SMARTS) is 3. The zero-order chi connectivity index (χ0) is 53.6. The van der Waals surface area contributed by atoms with Crippen molar-refractivity contribution in [3.8, 4) is 5.75 Å². The maximum atomic E-state index is 14.3. The maximum Gasteiger partial charge on any atom is 0.326 e. The fraction of sp³-hybridized carbons (Fsp3) is 0.638. The number of hydrogen-bond donors (Lipinski definition) is 11. The summed E-state index contributed by atoms with van der Waals surface area (Å²) in [6.07, 6.45) is -0.121. The number of carboxylic acids is 3. The molecule has 4 rings (SSSR count). The standard InChI is InChI=1S/C47H69N9O15S/c1-5-25(4)38(53-42(65)37(24(2)3)52-39(62)28(48)21-26-12-14-27(57)15-13-26)43(66)50-30(22-36(60)61)45(68)55-19-7-9-32(55)40(63)49-29(16-17-35(58)59)44(67)54-18-6-10-33(54)41(64)51-31(23-72)46(69)56-20-8-11-34(56)47(70)71/h12-15,24-25,28-34,37-38,57,72H,5-11,16-23,48H2,1-4H3,(H,49,63)(H,50,66)(H,51,64)(H,52,62)(H,53,65)(H,58,59)(H,60,61)(H,70,71)/t25-,28-,29-,30-,31-,32-,33-,34-,37-,38-/m0/s1. The molecule has 24 nitrogen and oxygen atoms in total. The van der Waals surface area contributed by atoms with Gasteiger partial charge in [-0.2, -0.15) is 12.6 Å².